The Balaban J connectivity index is 1.74. The molecule has 2 nitrogen and oxygen atoms in total. The fourth-order valence-electron chi connectivity index (χ4n) is 1.84. The molecule has 0 saturated heterocycles. The Morgan fingerprint density at radius 3 is 2.73 bits per heavy atom. The number of rotatable bonds is 3. The highest BCUT2D eigenvalue weighted by Crippen LogP contribution is 2.24. The Bertz CT molecular complexity index is 305. The van der Waals surface area contributed by atoms with E-state index in [2.05, 4.69) is 27.4 Å². The quantitative estimate of drug-likeness (QED) is 0.925. The fraction of sp³-hybridized carbons (Fsp3) is 0.636. The van der Waals surface area contributed by atoms with Crippen molar-refractivity contribution < 1.29 is 9.84 Å². The smallest absolute Gasteiger partial charge is 0.0813 e. The summed E-state index contributed by atoms with van der Waals surface area (Å²) in [6.45, 7) is 0.705. The largest absolute Gasteiger partial charge is 0.393 e. The van der Waals surface area contributed by atoms with Crippen molar-refractivity contribution in [2.24, 2.45) is 0 Å². The molecule has 1 fully saturated rings. The minimum Gasteiger partial charge on any atom is -0.393 e. The van der Waals surface area contributed by atoms with Crippen LogP contribution in [0.4, 0.5) is 0 Å². The maximum atomic E-state index is 9.36. The first-order valence-corrected chi connectivity index (χ1v) is 6.94. The molecule has 0 amide bonds. The summed E-state index contributed by atoms with van der Waals surface area (Å²) in [4.78, 5) is 1.26. The average molecular weight is 291 g/mol. The molecule has 0 atom stereocenters. The van der Waals surface area contributed by atoms with Crippen LogP contribution >= 0.6 is 27.3 Å². The highest BCUT2D eigenvalue weighted by molar-refractivity contribution is 9.10. The molecule has 0 aliphatic heterocycles. The van der Waals surface area contributed by atoms with Crippen molar-refractivity contribution in [3.8, 4) is 0 Å². The second-order valence-electron chi connectivity index (χ2n) is 3.97. The van der Waals surface area contributed by atoms with E-state index < -0.39 is 0 Å². The molecule has 0 unspecified atom stereocenters. The van der Waals surface area contributed by atoms with Gasteiger partial charge in [0.1, 0.15) is 0 Å². The minimum absolute atomic E-state index is 0.0965. The molecular weight excluding hydrogens is 276 g/mol. The molecule has 1 N–H and O–H groups in total. The van der Waals surface area contributed by atoms with Gasteiger partial charge in [-0.1, -0.05) is 0 Å². The monoisotopic (exact) mass is 290 g/mol. The van der Waals surface area contributed by atoms with Crippen molar-refractivity contribution in [2.45, 2.75) is 44.5 Å². The van der Waals surface area contributed by atoms with Gasteiger partial charge in [-0.25, -0.2) is 0 Å². The van der Waals surface area contributed by atoms with Crippen molar-refractivity contribution in [3.63, 3.8) is 0 Å². The van der Waals surface area contributed by atoms with E-state index in [0.717, 1.165) is 30.2 Å². The van der Waals surface area contributed by atoms with Gasteiger partial charge >= 0.3 is 0 Å². The summed E-state index contributed by atoms with van der Waals surface area (Å²) in [5.74, 6) is 0. The summed E-state index contributed by atoms with van der Waals surface area (Å²) < 4.78 is 6.94. The lowest BCUT2D eigenvalue weighted by Crippen LogP contribution is -2.24. The molecule has 2 rings (SSSR count). The summed E-state index contributed by atoms with van der Waals surface area (Å²) in [7, 11) is 0. The van der Waals surface area contributed by atoms with Gasteiger partial charge in [-0.05, 0) is 47.7 Å². The number of ether oxygens (including phenoxy) is 1. The topological polar surface area (TPSA) is 29.5 Å². The molecule has 4 heteroatoms. The van der Waals surface area contributed by atoms with Crippen LogP contribution < -0.4 is 0 Å². The van der Waals surface area contributed by atoms with Gasteiger partial charge in [0.15, 0.2) is 0 Å². The van der Waals surface area contributed by atoms with E-state index in [0.29, 0.717) is 12.7 Å². The number of halogens is 1. The summed E-state index contributed by atoms with van der Waals surface area (Å²) in [5.41, 5.74) is 0. The zero-order chi connectivity index (χ0) is 10.7. The van der Waals surface area contributed by atoms with E-state index >= 15 is 0 Å². The van der Waals surface area contributed by atoms with Crippen LogP contribution in [0, 0.1) is 0 Å². The van der Waals surface area contributed by atoms with Gasteiger partial charge in [0.05, 0.1) is 18.8 Å². The third-order valence-electron chi connectivity index (χ3n) is 2.73. The van der Waals surface area contributed by atoms with Gasteiger partial charge in [0.2, 0.25) is 0 Å². The highest BCUT2D eigenvalue weighted by Gasteiger charge is 2.19. The van der Waals surface area contributed by atoms with Gasteiger partial charge in [-0.3, -0.25) is 0 Å². The minimum atomic E-state index is -0.0965. The highest BCUT2D eigenvalue weighted by atomic mass is 79.9. The first-order chi connectivity index (χ1) is 7.24. The lowest BCUT2D eigenvalue weighted by atomic mass is 9.95. The molecule has 0 spiro atoms. The van der Waals surface area contributed by atoms with Crippen molar-refractivity contribution in [3.05, 3.63) is 20.8 Å². The predicted molar refractivity (Wildman–Crippen MR) is 65.1 cm³/mol. The van der Waals surface area contributed by atoms with Crippen LogP contribution in [0.2, 0.25) is 0 Å². The van der Waals surface area contributed by atoms with E-state index in [1.54, 1.807) is 11.3 Å². The van der Waals surface area contributed by atoms with Gasteiger partial charge in [0.25, 0.3) is 0 Å². The standard InChI is InChI=1S/C11H15BrO2S/c12-8-5-11(15-7-8)6-14-10-3-1-9(13)2-4-10/h5,7,9-10,13H,1-4,6H2. The zero-order valence-corrected chi connectivity index (χ0v) is 10.9. The molecule has 1 aliphatic rings. The number of hydrogen-bond donors (Lipinski definition) is 1. The average Bonchev–Trinajstić information content (AvgIpc) is 2.64. The Kier molecular flexibility index (Phi) is 4.20. The molecule has 1 aromatic heterocycles. The summed E-state index contributed by atoms with van der Waals surface area (Å²) in [6, 6.07) is 2.10. The third-order valence-corrected chi connectivity index (χ3v) is 4.40. The van der Waals surface area contributed by atoms with Gasteiger partial charge in [-0.15, -0.1) is 11.3 Å². The molecule has 1 aromatic rings. The predicted octanol–water partition coefficient (Wildman–Crippen LogP) is 3.33. The summed E-state index contributed by atoms with van der Waals surface area (Å²) in [6.07, 6.45) is 4.01. The van der Waals surface area contributed by atoms with Crippen molar-refractivity contribution >= 4 is 27.3 Å². The van der Waals surface area contributed by atoms with Crippen LogP contribution in [-0.4, -0.2) is 17.3 Å². The zero-order valence-electron chi connectivity index (χ0n) is 8.49. The van der Waals surface area contributed by atoms with E-state index in [9.17, 15) is 5.11 Å². The van der Waals surface area contributed by atoms with E-state index in [4.69, 9.17) is 4.74 Å². The maximum absolute atomic E-state index is 9.36. The third kappa shape index (κ3) is 3.55. The summed E-state index contributed by atoms with van der Waals surface area (Å²) >= 11 is 5.15. The number of aliphatic hydroxyl groups excluding tert-OH is 1. The van der Waals surface area contributed by atoms with Gasteiger partial charge in [0, 0.05) is 14.7 Å². The molecule has 15 heavy (non-hydrogen) atoms. The Morgan fingerprint density at radius 1 is 1.40 bits per heavy atom. The Labute approximate surface area is 102 Å². The molecular formula is C11H15BrO2S. The second kappa shape index (κ2) is 5.43. The lowest BCUT2D eigenvalue weighted by molar-refractivity contribution is -0.0109. The molecule has 0 radical (unpaired) electrons. The number of thiophene rings is 1. The van der Waals surface area contributed by atoms with Crippen molar-refractivity contribution in [1.82, 2.24) is 0 Å². The van der Waals surface area contributed by atoms with Crippen LogP contribution in [0.1, 0.15) is 30.6 Å². The molecule has 0 aromatic carbocycles. The van der Waals surface area contributed by atoms with Crippen LogP contribution in [0.5, 0.6) is 0 Å². The first kappa shape index (κ1) is 11.6. The molecule has 84 valence electrons. The van der Waals surface area contributed by atoms with E-state index in [1.165, 1.54) is 4.88 Å². The summed E-state index contributed by atoms with van der Waals surface area (Å²) in [5, 5.41) is 11.4. The van der Waals surface area contributed by atoms with Crippen LogP contribution in [-0.2, 0) is 11.3 Å². The second-order valence-corrected chi connectivity index (χ2v) is 5.88. The van der Waals surface area contributed by atoms with Gasteiger partial charge in [-0.2, -0.15) is 0 Å². The van der Waals surface area contributed by atoms with Crippen LogP contribution in [0.3, 0.4) is 0 Å². The fourth-order valence-corrected chi connectivity index (χ4v) is 3.21. The Morgan fingerprint density at radius 2 is 2.13 bits per heavy atom. The molecule has 1 saturated carbocycles. The number of hydrogen-bond acceptors (Lipinski definition) is 3. The SMILES string of the molecule is OC1CCC(OCc2cc(Br)cs2)CC1. The van der Waals surface area contributed by atoms with Crippen molar-refractivity contribution in [2.75, 3.05) is 0 Å². The van der Waals surface area contributed by atoms with Crippen LogP contribution in [0.15, 0.2) is 15.9 Å². The van der Waals surface area contributed by atoms with E-state index in [1.807, 2.05) is 0 Å². The molecule has 0 bridgehead atoms. The van der Waals surface area contributed by atoms with E-state index in [-0.39, 0.29) is 6.10 Å². The maximum Gasteiger partial charge on any atom is 0.0813 e. The van der Waals surface area contributed by atoms with Crippen molar-refractivity contribution in [1.29, 1.82) is 0 Å². The number of aliphatic hydroxyl groups is 1. The Hall–Kier alpha value is 0.1000. The first-order valence-electron chi connectivity index (χ1n) is 5.26. The van der Waals surface area contributed by atoms with Gasteiger partial charge < -0.3 is 9.84 Å². The molecule has 1 aliphatic carbocycles. The normalized spacial score (nSPS) is 26.8. The lowest BCUT2D eigenvalue weighted by Gasteiger charge is -2.25. The molecule has 1 heterocycles. The van der Waals surface area contributed by atoms with Crippen LogP contribution in [0.25, 0.3) is 0 Å².